The number of amides is 1. The summed E-state index contributed by atoms with van der Waals surface area (Å²) in [6, 6.07) is -1.59. The third-order valence-corrected chi connectivity index (χ3v) is 3.26. The highest BCUT2D eigenvalue weighted by molar-refractivity contribution is 5.78. The third kappa shape index (κ3) is 3.60. The lowest BCUT2D eigenvalue weighted by atomic mass is 9.98. The molecule has 0 aromatic heterocycles. The minimum Gasteiger partial charge on any atom is -0.288 e. The predicted octanol–water partition coefficient (Wildman–Crippen LogP) is 3.01. The summed E-state index contributed by atoms with van der Waals surface area (Å²) in [5.41, 5.74) is 1.56. The lowest BCUT2D eigenvalue weighted by Crippen LogP contribution is -2.56. The molecule has 1 aliphatic heterocycles. The van der Waals surface area contributed by atoms with Gasteiger partial charge < -0.3 is 0 Å². The van der Waals surface area contributed by atoms with Gasteiger partial charge >= 0.3 is 6.18 Å². The van der Waals surface area contributed by atoms with Crippen molar-refractivity contribution in [3.8, 4) is 0 Å². The Labute approximate surface area is 106 Å². The van der Waals surface area contributed by atoms with Crippen molar-refractivity contribution >= 4 is 5.91 Å². The monoisotopic (exact) mass is 266 g/mol. The van der Waals surface area contributed by atoms with Crippen LogP contribution in [0.1, 0.15) is 52.9 Å². The number of hydrogen-bond acceptors (Lipinski definition) is 2. The summed E-state index contributed by atoms with van der Waals surface area (Å²) < 4.78 is 39.2. The van der Waals surface area contributed by atoms with Crippen LogP contribution in [0.2, 0.25) is 0 Å². The number of hydrazine groups is 1. The van der Waals surface area contributed by atoms with E-state index in [4.69, 9.17) is 0 Å². The van der Waals surface area contributed by atoms with E-state index in [0.29, 0.717) is 6.42 Å². The van der Waals surface area contributed by atoms with Gasteiger partial charge in [-0.05, 0) is 20.3 Å². The van der Waals surface area contributed by atoms with Gasteiger partial charge in [-0.25, -0.2) is 5.01 Å². The summed E-state index contributed by atoms with van der Waals surface area (Å²) in [6.07, 6.45) is -2.02. The van der Waals surface area contributed by atoms with Crippen molar-refractivity contribution in [2.45, 2.75) is 70.6 Å². The van der Waals surface area contributed by atoms with Crippen LogP contribution in [-0.2, 0) is 4.79 Å². The Hall–Kier alpha value is -0.780. The molecule has 1 saturated heterocycles. The molecule has 1 fully saturated rings. The molecule has 0 spiro atoms. The second-order valence-corrected chi connectivity index (χ2v) is 5.45. The number of unbranched alkanes of at least 4 members (excludes halogenated alkanes) is 2. The molecule has 3 nitrogen and oxygen atoms in total. The first-order chi connectivity index (χ1) is 8.18. The van der Waals surface area contributed by atoms with Gasteiger partial charge in [-0.3, -0.25) is 10.2 Å². The molecule has 0 aromatic carbocycles. The highest BCUT2D eigenvalue weighted by Gasteiger charge is 2.51. The molecule has 0 aromatic rings. The van der Waals surface area contributed by atoms with Crippen LogP contribution in [-0.4, -0.2) is 28.7 Å². The van der Waals surface area contributed by atoms with Crippen molar-refractivity contribution in [1.82, 2.24) is 10.4 Å². The van der Waals surface area contributed by atoms with E-state index in [2.05, 4.69) is 5.43 Å². The summed E-state index contributed by atoms with van der Waals surface area (Å²) in [5, 5.41) is 1.09. The number of carbonyl (C=O) groups is 1. The average molecular weight is 266 g/mol. The Morgan fingerprint density at radius 2 is 2.00 bits per heavy atom. The first-order valence-electron chi connectivity index (χ1n) is 6.34. The smallest absolute Gasteiger partial charge is 0.288 e. The Morgan fingerprint density at radius 3 is 2.39 bits per heavy atom. The first-order valence-corrected chi connectivity index (χ1v) is 6.34. The van der Waals surface area contributed by atoms with Crippen molar-refractivity contribution in [1.29, 1.82) is 0 Å². The Morgan fingerprint density at radius 1 is 1.39 bits per heavy atom. The lowest BCUT2D eigenvalue weighted by molar-refractivity contribution is -0.202. The van der Waals surface area contributed by atoms with Crippen LogP contribution >= 0.6 is 0 Å². The molecule has 1 rings (SSSR count). The van der Waals surface area contributed by atoms with E-state index in [1.807, 2.05) is 6.92 Å². The van der Waals surface area contributed by atoms with E-state index in [9.17, 15) is 18.0 Å². The molecular weight excluding hydrogens is 245 g/mol. The normalized spacial score (nSPS) is 22.0. The second kappa shape index (κ2) is 5.47. The van der Waals surface area contributed by atoms with Crippen LogP contribution in [0.15, 0.2) is 0 Å². The maximum Gasteiger partial charge on any atom is 0.405 e. The average Bonchev–Trinajstić information content (AvgIpc) is 2.44. The maximum absolute atomic E-state index is 13.1. The molecular formula is C12H21F3N2O. The molecule has 1 amide bonds. The van der Waals surface area contributed by atoms with E-state index in [1.54, 1.807) is 13.8 Å². The number of alkyl halides is 3. The minimum atomic E-state index is -4.32. The fourth-order valence-corrected chi connectivity index (χ4v) is 2.33. The third-order valence-electron chi connectivity index (χ3n) is 3.26. The number of nitrogens with zero attached hydrogens (tertiary/aromatic N) is 1. The van der Waals surface area contributed by atoms with Crippen molar-refractivity contribution in [2.75, 3.05) is 0 Å². The van der Waals surface area contributed by atoms with Gasteiger partial charge in [0.1, 0.15) is 6.04 Å². The van der Waals surface area contributed by atoms with Gasteiger partial charge in [0, 0.05) is 12.0 Å². The van der Waals surface area contributed by atoms with Crippen LogP contribution in [0.5, 0.6) is 0 Å². The zero-order valence-electron chi connectivity index (χ0n) is 11.1. The predicted molar refractivity (Wildman–Crippen MR) is 62.7 cm³/mol. The van der Waals surface area contributed by atoms with Crippen LogP contribution in [0, 0.1) is 0 Å². The van der Waals surface area contributed by atoms with Crippen LogP contribution in [0.4, 0.5) is 13.2 Å². The van der Waals surface area contributed by atoms with E-state index in [1.165, 1.54) is 0 Å². The molecule has 18 heavy (non-hydrogen) atoms. The molecule has 0 saturated carbocycles. The fourth-order valence-electron chi connectivity index (χ4n) is 2.33. The summed E-state index contributed by atoms with van der Waals surface area (Å²) in [5.74, 6) is -0.343. The topological polar surface area (TPSA) is 32.3 Å². The lowest BCUT2D eigenvalue weighted by Gasteiger charge is -2.37. The molecule has 6 heteroatoms. The highest BCUT2D eigenvalue weighted by atomic mass is 19.4. The molecule has 0 unspecified atom stereocenters. The van der Waals surface area contributed by atoms with E-state index in [-0.39, 0.29) is 18.7 Å². The van der Waals surface area contributed by atoms with Gasteiger partial charge in [0.15, 0.2) is 0 Å². The van der Waals surface area contributed by atoms with Crippen molar-refractivity contribution in [3.05, 3.63) is 0 Å². The van der Waals surface area contributed by atoms with Gasteiger partial charge in [-0.2, -0.15) is 13.2 Å². The van der Waals surface area contributed by atoms with Crippen LogP contribution in [0.25, 0.3) is 0 Å². The maximum atomic E-state index is 13.1. The van der Waals surface area contributed by atoms with E-state index < -0.39 is 17.8 Å². The zero-order chi connectivity index (χ0) is 14.0. The molecule has 0 bridgehead atoms. The molecule has 1 atom stereocenters. The van der Waals surface area contributed by atoms with Crippen molar-refractivity contribution in [2.24, 2.45) is 0 Å². The Balaban J connectivity index is 2.80. The largest absolute Gasteiger partial charge is 0.405 e. The first kappa shape index (κ1) is 15.3. The molecule has 1 aliphatic rings. The van der Waals surface area contributed by atoms with Gasteiger partial charge in [-0.15, -0.1) is 0 Å². The number of rotatable bonds is 5. The van der Waals surface area contributed by atoms with Gasteiger partial charge in [0.05, 0.1) is 0 Å². The van der Waals surface area contributed by atoms with Crippen LogP contribution < -0.4 is 5.43 Å². The SMILES string of the molecule is CCCCC[C@H](N1NC(=O)CC1(C)C)C(F)(F)F. The molecule has 0 aliphatic carbocycles. The number of nitrogens with one attached hydrogen (secondary N) is 1. The van der Waals surface area contributed by atoms with Gasteiger partial charge in [0.2, 0.25) is 5.91 Å². The van der Waals surface area contributed by atoms with Crippen molar-refractivity contribution in [3.63, 3.8) is 0 Å². The molecule has 1 N–H and O–H groups in total. The summed E-state index contributed by atoms with van der Waals surface area (Å²) in [4.78, 5) is 11.3. The quantitative estimate of drug-likeness (QED) is 0.776. The molecule has 0 radical (unpaired) electrons. The zero-order valence-corrected chi connectivity index (χ0v) is 11.1. The minimum absolute atomic E-state index is 0.0288. The molecule has 106 valence electrons. The van der Waals surface area contributed by atoms with E-state index >= 15 is 0 Å². The standard InChI is InChI=1S/C12H21F3N2O/c1-4-5-6-7-9(12(13,14)15)17-11(2,3)8-10(18)16-17/h9H,4-8H2,1-3H3,(H,16,18)/t9-/m0/s1. The second-order valence-electron chi connectivity index (χ2n) is 5.45. The Bertz CT molecular complexity index is 302. The summed E-state index contributed by atoms with van der Waals surface area (Å²) in [6.45, 7) is 5.26. The summed E-state index contributed by atoms with van der Waals surface area (Å²) in [7, 11) is 0. The van der Waals surface area contributed by atoms with Gasteiger partial charge in [0.25, 0.3) is 0 Å². The van der Waals surface area contributed by atoms with E-state index in [0.717, 1.165) is 17.9 Å². The number of halogens is 3. The van der Waals surface area contributed by atoms with Gasteiger partial charge in [-0.1, -0.05) is 26.2 Å². The summed E-state index contributed by atoms with van der Waals surface area (Å²) >= 11 is 0. The Kier molecular flexibility index (Phi) is 4.64. The highest BCUT2D eigenvalue weighted by Crippen LogP contribution is 2.35. The van der Waals surface area contributed by atoms with Crippen molar-refractivity contribution < 1.29 is 18.0 Å². The molecule has 1 heterocycles. The fraction of sp³-hybridized carbons (Fsp3) is 0.917. The number of hydrogen-bond donors (Lipinski definition) is 1. The number of carbonyl (C=O) groups excluding carboxylic acids is 1. The van der Waals surface area contributed by atoms with Crippen LogP contribution in [0.3, 0.4) is 0 Å².